The van der Waals surface area contributed by atoms with Gasteiger partial charge in [-0.1, -0.05) is 6.07 Å². The molecule has 4 nitrogen and oxygen atoms in total. The molecule has 1 aromatic rings. The monoisotopic (exact) mass is 180 g/mol. The standard InChI is InChI=1S/C9H12N2O2/c1-11(10)8-5-3-4-7(6-8)9(12)13-2/h3-6H,10H2,1-2H3. The third-order valence-electron chi connectivity index (χ3n) is 1.67. The Morgan fingerprint density at radius 2 is 2.23 bits per heavy atom. The van der Waals surface area contributed by atoms with E-state index < -0.39 is 0 Å². The van der Waals surface area contributed by atoms with Crippen LogP contribution in [-0.2, 0) is 4.74 Å². The van der Waals surface area contributed by atoms with Gasteiger partial charge in [-0.3, -0.25) is 0 Å². The number of nitrogens with two attached hydrogens (primary N) is 1. The zero-order valence-electron chi connectivity index (χ0n) is 7.65. The molecule has 70 valence electrons. The number of ether oxygens (including phenoxy) is 1. The molecule has 0 unspecified atom stereocenters. The van der Waals surface area contributed by atoms with Crippen LogP contribution >= 0.6 is 0 Å². The van der Waals surface area contributed by atoms with E-state index in [9.17, 15) is 4.79 Å². The normalized spacial score (nSPS) is 9.46. The van der Waals surface area contributed by atoms with E-state index in [1.165, 1.54) is 12.1 Å². The molecule has 0 atom stereocenters. The van der Waals surface area contributed by atoms with Crippen LogP contribution in [0.15, 0.2) is 24.3 Å². The van der Waals surface area contributed by atoms with E-state index in [0.717, 1.165) is 5.69 Å². The van der Waals surface area contributed by atoms with E-state index >= 15 is 0 Å². The summed E-state index contributed by atoms with van der Waals surface area (Å²) in [5, 5.41) is 1.44. The summed E-state index contributed by atoms with van der Waals surface area (Å²) >= 11 is 0. The fraction of sp³-hybridized carbons (Fsp3) is 0.222. The van der Waals surface area contributed by atoms with Crippen LogP contribution in [0, 0.1) is 0 Å². The molecule has 0 heterocycles. The van der Waals surface area contributed by atoms with Crippen molar-refractivity contribution in [3.63, 3.8) is 0 Å². The summed E-state index contributed by atoms with van der Waals surface area (Å²) in [7, 11) is 3.05. The van der Waals surface area contributed by atoms with Gasteiger partial charge in [-0.15, -0.1) is 0 Å². The Morgan fingerprint density at radius 1 is 1.54 bits per heavy atom. The summed E-state index contributed by atoms with van der Waals surface area (Å²) in [5.74, 6) is 5.15. The van der Waals surface area contributed by atoms with Gasteiger partial charge in [0.25, 0.3) is 0 Å². The Balaban J connectivity index is 2.98. The molecule has 0 aliphatic carbocycles. The van der Waals surface area contributed by atoms with Gasteiger partial charge in [0, 0.05) is 7.05 Å². The number of methoxy groups -OCH3 is 1. The second kappa shape index (κ2) is 3.91. The van der Waals surface area contributed by atoms with Crippen LogP contribution in [0.5, 0.6) is 0 Å². The molecule has 0 spiro atoms. The summed E-state index contributed by atoms with van der Waals surface area (Å²) in [5.41, 5.74) is 1.26. The van der Waals surface area contributed by atoms with Crippen LogP contribution in [0.1, 0.15) is 10.4 Å². The lowest BCUT2D eigenvalue weighted by Crippen LogP contribution is -2.25. The van der Waals surface area contributed by atoms with Crippen molar-refractivity contribution in [2.45, 2.75) is 0 Å². The number of esters is 1. The van der Waals surface area contributed by atoms with Crippen molar-refractivity contribution in [3.8, 4) is 0 Å². The maximum atomic E-state index is 11.1. The topological polar surface area (TPSA) is 55.6 Å². The number of carbonyl (C=O) groups excluding carboxylic acids is 1. The Kier molecular flexibility index (Phi) is 2.87. The second-order valence-corrected chi connectivity index (χ2v) is 2.65. The lowest BCUT2D eigenvalue weighted by Gasteiger charge is -2.12. The van der Waals surface area contributed by atoms with Crippen LogP contribution in [0.25, 0.3) is 0 Å². The molecule has 0 saturated carbocycles. The van der Waals surface area contributed by atoms with Crippen LogP contribution < -0.4 is 10.9 Å². The van der Waals surface area contributed by atoms with Crippen molar-refractivity contribution >= 4 is 11.7 Å². The summed E-state index contributed by atoms with van der Waals surface area (Å²) in [6, 6.07) is 6.92. The van der Waals surface area contributed by atoms with Crippen molar-refractivity contribution in [1.82, 2.24) is 0 Å². The van der Waals surface area contributed by atoms with E-state index in [4.69, 9.17) is 5.84 Å². The van der Waals surface area contributed by atoms with Gasteiger partial charge in [0.15, 0.2) is 0 Å². The zero-order valence-corrected chi connectivity index (χ0v) is 7.65. The number of benzene rings is 1. The van der Waals surface area contributed by atoms with Crippen LogP contribution in [0.2, 0.25) is 0 Å². The summed E-state index contributed by atoms with van der Waals surface area (Å²) in [4.78, 5) is 11.1. The summed E-state index contributed by atoms with van der Waals surface area (Å²) in [6.07, 6.45) is 0. The highest BCUT2D eigenvalue weighted by Crippen LogP contribution is 2.12. The van der Waals surface area contributed by atoms with E-state index in [0.29, 0.717) is 5.56 Å². The average molecular weight is 180 g/mol. The minimum Gasteiger partial charge on any atom is -0.465 e. The van der Waals surface area contributed by atoms with Crippen molar-refractivity contribution < 1.29 is 9.53 Å². The SMILES string of the molecule is COC(=O)c1cccc(N(C)N)c1. The third-order valence-corrected chi connectivity index (χ3v) is 1.67. The van der Waals surface area contributed by atoms with Crippen molar-refractivity contribution in [1.29, 1.82) is 0 Å². The lowest BCUT2D eigenvalue weighted by molar-refractivity contribution is 0.0601. The molecule has 0 bridgehead atoms. The van der Waals surface area contributed by atoms with E-state index in [1.807, 2.05) is 6.07 Å². The molecule has 4 heteroatoms. The first kappa shape index (κ1) is 9.54. The first-order valence-corrected chi connectivity index (χ1v) is 3.82. The molecule has 0 aliphatic heterocycles. The van der Waals surface area contributed by atoms with Gasteiger partial charge in [0.2, 0.25) is 0 Å². The average Bonchev–Trinajstić information content (AvgIpc) is 2.17. The van der Waals surface area contributed by atoms with Crippen molar-refractivity contribution in [2.75, 3.05) is 19.2 Å². The predicted octanol–water partition coefficient (Wildman–Crippen LogP) is 0.783. The molecule has 0 radical (unpaired) electrons. The molecule has 13 heavy (non-hydrogen) atoms. The Morgan fingerprint density at radius 3 is 2.77 bits per heavy atom. The number of hydrazine groups is 1. The minimum absolute atomic E-state index is 0.358. The van der Waals surface area contributed by atoms with Gasteiger partial charge < -0.3 is 9.75 Å². The van der Waals surface area contributed by atoms with E-state index in [2.05, 4.69) is 4.74 Å². The van der Waals surface area contributed by atoms with Crippen molar-refractivity contribution in [3.05, 3.63) is 29.8 Å². The van der Waals surface area contributed by atoms with Crippen molar-refractivity contribution in [2.24, 2.45) is 5.84 Å². The highest BCUT2D eigenvalue weighted by atomic mass is 16.5. The first-order chi connectivity index (χ1) is 6.15. The molecular weight excluding hydrogens is 168 g/mol. The fourth-order valence-corrected chi connectivity index (χ4v) is 0.970. The number of nitrogens with zero attached hydrogens (tertiary/aromatic N) is 1. The molecule has 1 aromatic carbocycles. The molecule has 0 amide bonds. The highest BCUT2D eigenvalue weighted by Gasteiger charge is 2.05. The molecule has 1 rings (SSSR count). The minimum atomic E-state index is -0.358. The van der Waals surface area contributed by atoms with Gasteiger partial charge in [-0.25, -0.2) is 10.6 Å². The molecule has 0 fully saturated rings. The van der Waals surface area contributed by atoms with Gasteiger partial charge in [-0.05, 0) is 18.2 Å². The van der Waals surface area contributed by atoms with Crippen LogP contribution in [0.4, 0.5) is 5.69 Å². The van der Waals surface area contributed by atoms with Gasteiger partial charge in [0.05, 0.1) is 18.4 Å². The largest absolute Gasteiger partial charge is 0.465 e. The third kappa shape index (κ3) is 2.19. The number of carbonyl (C=O) groups is 1. The number of anilines is 1. The second-order valence-electron chi connectivity index (χ2n) is 2.65. The van der Waals surface area contributed by atoms with Gasteiger partial charge in [-0.2, -0.15) is 0 Å². The quantitative estimate of drug-likeness (QED) is 0.415. The van der Waals surface area contributed by atoms with E-state index in [-0.39, 0.29) is 5.97 Å². The predicted molar refractivity (Wildman–Crippen MR) is 50.4 cm³/mol. The molecular formula is C9H12N2O2. The summed E-state index contributed by atoms with van der Waals surface area (Å²) in [6.45, 7) is 0. The number of hydrogen-bond acceptors (Lipinski definition) is 4. The van der Waals surface area contributed by atoms with Crippen LogP contribution in [-0.4, -0.2) is 20.1 Å². The van der Waals surface area contributed by atoms with Gasteiger partial charge in [0.1, 0.15) is 0 Å². The number of rotatable bonds is 2. The highest BCUT2D eigenvalue weighted by molar-refractivity contribution is 5.90. The Bertz CT molecular complexity index is 310. The molecule has 2 N–H and O–H groups in total. The van der Waals surface area contributed by atoms with E-state index in [1.54, 1.807) is 25.2 Å². The van der Waals surface area contributed by atoms with Crippen LogP contribution in [0.3, 0.4) is 0 Å². The zero-order chi connectivity index (χ0) is 9.84. The maximum absolute atomic E-state index is 11.1. The fourth-order valence-electron chi connectivity index (χ4n) is 0.970. The maximum Gasteiger partial charge on any atom is 0.337 e. The lowest BCUT2D eigenvalue weighted by atomic mass is 10.2. The molecule has 0 aliphatic rings. The number of hydrogen-bond donors (Lipinski definition) is 1. The Hall–Kier alpha value is -1.55. The smallest absolute Gasteiger partial charge is 0.337 e. The summed E-state index contributed by atoms with van der Waals surface area (Å²) < 4.78 is 4.57. The molecule has 0 saturated heterocycles. The molecule has 0 aromatic heterocycles. The Labute approximate surface area is 76.9 Å². The first-order valence-electron chi connectivity index (χ1n) is 3.82. The van der Waals surface area contributed by atoms with Gasteiger partial charge >= 0.3 is 5.97 Å².